The van der Waals surface area contributed by atoms with Gasteiger partial charge in [-0.1, -0.05) is 17.7 Å². The van der Waals surface area contributed by atoms with Crippen molar-refractivity contribution in [2.75, 3.05) is 5.32 Å². The smallest absolute Gasteiger partial charge is 0.311 e. The summed E-state index contributed by atoms with van der Waals surface area (Å²) < 4.78 is 1.07. The van der Waals surface area contributed by atoms with E-state index < -0.39 is 4.92 Å². The Morgan fingerprint density at radius 3 is 3.00 bits per heavy atom. The number of nitrogens with one attached hydrogen (secondary N) is 1. The normalized spacial score (nSPS) is 10.7. The second kappa shape index (κ2) is 5.63. The van der Waals surface area contributed by atoms with Gasteiger partial charge in [-0.3, -0.25) is 10.1 Å². The van der Waals surface area contributed by atoms with E-state index in [0.717, 1.165) is 15.8 Å². The monoisotopic (exact) mass is 320 g/mol. The van der Waals surface area contributed by atoms with E-state index in [0.29, 0.717) is 6.54 Å². The van der Waals surface area contributed by atoms with Crippen molar-refractivity contribution < 1.29 is 4.92 Å². The van der Waals surface area contributed by atoms with Gasteiger partial charge in [0.15, 0.2) is 0 Å². The van der Waals surface area contributed by atoms with Gasteiger partial charge in [-0.15, -0.1) is 11.3 Å². The summed E-state index contributed by atoms with van der Waals surface area (Å²) in [5, 5.41) is 14.1. The van der Waals surface area contributed by atoms with Crippen LogP contribution in [0.2, 0.25) is 5.15 Å². The third-order valence-electron chi connectivity index (χ3n) is 2.89. The number of nitrogens with zero attached hydrogens (tertiary/aromatic N) is 3. The molecule has 2 aromatic heterocycles. The van der Waals surface area contributed by atoms with Crippen molar-refractivity contribution in [3.63, 3.8) is 0 Å². The number of halogens is 1. The van der Waals surface area contributed by atoms with Crippen LogP contribution in [0.4, 0.5) is 11.5 Å². The standard InChI is InChI=1S/C13H9ClN4O2S/c14-12-4-3-10(18(19)20)13(17-12)15-6-8-1-2-9-11(5-8)21-7-16-9/h1-5,7H,6H2,(H,15,17). The second-order valence-electron chi connectivity index (χ2n) is 4.27. The van der Waals surface area contributed by atoms with Crippen LogP contribution in [-0.4, -0.2) is 14.9 Å². The van der Waals surface area contributed by atoms with Gasteiger partial charge in [0.25, 0.3) is 0 Å². The molecular weight excluding hydrogens is 312 g/mol. The summed E-state index contributed by atoms with van der Waals surface area (Å²) in [5.74, 6) is 0.164. The molecule has 0 radical (unpaired) electrons. The van der Waals surface area contributed by atoms with Gasteiger partial charge in [-0.05, 0) is 23.8 Å². The summed E-state index contributed by atoms with van der Waals surface area (Å²) in [6.07, 6.45) is 0. The lowest BCUT2D eigenvalue weighted by Gasteiger charge is -2.06. The summed E-state index contributed by atoms with van der Waals surface area (Å²) in [6, 6.07) is 8.57. The van der Waals surface area contributed by atoms with Crippen LogP contribution in [0, 0.1) is 10.1 Å². The fourth-order valence-electron chi connectivity index (χ4n) is 1.90. The fraction of sp³-hybridized carbons (Fsp3) is 0.0769. The molecule has 6 nitrogen and oxygen atoms in total. The van der Waals surface area contributed by atoms with Crippen LogP contribution in [0.5, 0.6) is 0 Å². The number of thiazole rings is 1. The number of fused-ring (bicyclic) bond motifs is 1. The third kappa shape index (κ3) is 2.93. The minimum atomic E-state index is -0.488. The van der Waals surface area contributed by atoms with Gasteiger partial charge in [0.1, 0.15) is 5.15 Å². The van der Waals surface area contributed by atoms with Crippen LogP contribution in [0.1, 0.15) is 5.56 Å². The van der Waals surface area contributed by atoms with Gasteiger partial charge in [-0.25, -0.2) is 9.97 Å². The molecule has 0 atom stereocenters. The minimum absolute atomic E-state index is 0.0988. The van der Waals surface area contributed by atoms with Crippen LogP contribution in [0.3, 0.4) is 0 Å². The van der Waals surface area contributed by atoms with E-state index in [1.165, 1.54) is 12.1 Å². The van der Waals surface area contributed by atoms with Crippen LogP contribution in [0.25, 0.3) is 10.2 Å². The molecule has 21 heavy (non-hydrogen) atoms. The Morgan fingerprint density at radius 1 is 1.33 bits per heavy atom. The van der Waals surface area contributed by atoms with E-state index in [1.54, 1.807) is 16.8 Å². The second-order valence-corrected chi connectivity index (χ2v) is 5.54. The largest absolute Gasteiger partial charge is 0.360 e. The first-order chi connectivity index (χ1) is 10.1. The zero-order valence-electron chi connectivity index (χ0n) is 10.6. The van der Waals surface area contributed by atoms with Crippen molar-refractivity contribution >= 4 is 44.7 Å². The minimum Gasteiger partial charge on any atom is -0.360 e. The molecule has 106 valence electrons. The van der Waals surface area contributed by atoms with E-state index in [1.807, 2.05) is 18.2 Å². The van der Waals surface area contributed by atoms with Crippen molar-refractivity contribution in [2.45, 2.75) is 6.54 Å². The van der Waals surface area contributed by atoms with Gasteiger partial charge in [0.2, 0.25) is 5.82 Å². The molecular formula is C13H9ClN4O2S. The Hall–Kier alpha value is -2.25. The summed E-state index contributed by atoms with van der Waals surface area (Å²) in [7, 11) is 0. The van der Waals surface area contributed by atoms with Gasteiger partial charge in [0, 0.05) is 12.6 Å². The summed E-state index contributed by atoms with van der Waals surface area (Å²) in [4.78, 5) is 18.6. The van der Waals surface area contributed by atoms with Crippen molar-refractivity contribution in [3.8, 4) is 0 Å². The molecule has 0 unspecified atom stereocenters. The zero-order chi connectivity index (χ0) is 14.8. The highest BCUT2D eigenvalue weighted by Gasteiger charge is 2.15. The summed E-state index contributed by atoms with van der Waals surface area (Å²) in [6.45, 7) is 0.419. The van der Waals surface area contributed by atoms with Gasteiger partial charge in [0.05, 0.1) is 20.7 Å². The molecule has 0 aliphatic carbocycles. The molecule has 2 heterocycles. The molecule has 0 spiro atoms. The maximum atomic E-state index is 11.0. The van der Waals surface area contributed by atoms with E-state index >= 15 is 0 Å². The summed E-state index contributed by atoms with van der Waals surface area (Å²) in [5.41, 5.74) is 3.61. The van der Waals surface area contributed by atoms with Crippen LogP contribution in [-0.2, 0) is 6.54 Å². The Labute approximate surface area is 128 Å². The van der Waals surface area contributed by atoms with Gasteiger partial charge < -0.3 is 5.32 Å². The molecule has 1 aromatic carbocycles. The molecule has 0 bridgehead atoms. The van der Waals surface area contributed by atoms with Crippen LogP contribution >= 0.6 is 22.9 Å². The maximum Gasteiger partial charge on any atom is 0.311 e. The quantitative estimate of drug-likeness (QED) is 0.448. The lowest BCUT2D eigenvalue weighted by Crippen LogP contribution is -2.04. The van der Waals surface area contributed by atoms with Crippen molar-refractivity contribution in [1.29, 1.82) is 0 Å². The highest BCUT2D eigenvalue weighted by atomic mass is 35.5. The number of nitro groups is 1. The number of hydrogen-bond donors (Lipinski definition) is 1. The molecule has 0 amide bonds. The van der Waals surface area contributed by atoms with E-state index in [2.05, 4.69) is 15.3 Å². The number of rotatable bonds is 4. The number of anilines is 1. The van der Waals surface area contributed by atoms with Crippen molar-refractivity contribution in [1.82, 2.24) is 9.97 Å². The van der Waals surface area contributed by atoms with E-state index in [-0.39, 0.29) is 16.7 Å². The number of pyridine rings is 1. The molecule has 3 rings (SSSR count). The number of benzene rings is 1. The van der Waals surface area contributed by atoms with Gasteiger partial charge >= 0.3 is 5.69 Å². The molecule has 0 saturated heterocycles. The van der Waals surface area contributed by atoms with E-state index in [9.17, 15) is 10.1 Å². The van der Waals surface area contributed by atoms with Crippen LogP contribution in [0.15, 0.2) is 35.8 Å². The molecule has 0 saturated carbocycles. The average molecular weight is 321 g/mol. The van der Waals surface area contributed by atoms with E-state index in [4.69, 9.17) is 11.6 Å². The first-order valence-electron chi connectivity index (χ1n) is 6.00. The Balaban J connectivity index is 1.83. The SMILES string of the molecule is O=[N+]([O-])c1ccc(Cl)nc1NCc1ccc2ncsc2c1. The first kappa shape index (κ1) is 13.7. The Kier molecular flexibility index (Phi) is 3.68. The molecule has 3 aromatic rings. The Morgan fingerprint density at radius 2 is 2.19 bits per heavy atom. The number of hydrogen-bond acceptors (Lipinski definition) is 6. The number of aromatic nitrogens is 2. The third-order valence-corrected chi connectivity index (χ3v) is 3.89. The zero-order valence-corrected chi connectivity index (χ0v) is 12.2. The highest BCUT2D eigenvalue weighted by Crippen LogP contribution is 2.25. The predicted octanol–water partition coefficient (Wildman–Crippen LogP) is 3.87. The average Bonchev–Trinajstić information content (AvgIpc) is 2.92. The Bertz CT molecular complexity index is 821. The van der Waals surface area contributed by atoms with Gasteiger partial charge in [-0.2, -0.15) is 0 Å². The molecule has 0 aliphatic rings. The lowest BCUT2D eigenvalue weighted by atomic mass is 10.2. The highest BCUT2D eigenvalue weighted by molar-refractivity contribution is 7.16. The summed E-state index contributed by atoms with van der Waals surface area (Å²) >= 11 is 7.34. The van der Waals surface area contributed by atoms with Crippen LogP contribution < -0.4 is 5.32 Å². The lowest BCUT2D eigenvalue weighted by molar-refractivity contribution is -0.384. The fourth-order valence-corrected chi connectivity index (χ4v) is 2.79. The predicted molar refractivity (Wildman–Crippen MR) is 82.8 cm³/mol. The van der Waals surface area contributed by atoms with Crippen molar-refractivity contribution in [3.05, 3.63) is 56.7 Å². The first-order valence-corrected chi connectivity index (χ1v) is 7.26. The van der Waals surface area contributed by atoms with Crippen molar-refractivity contribution in [2.24, 2.45) is 0 Å². The molecule has 8 heteroatoms. The molecule has 0 fully saturated rings. The molecule has 1 N–H and O–H groups in total. The maximum absolute atomic E-state index is 11.0. The molecule has 0 aliphatic heterocycles. The topological polar surface area (TPSA) is 81.0 Å².